The Hall–Kier alpha value is -4.88. The smallest absolute Gasteiger partial charge is 0.131 e. The van der Waals surface area contributed by atoms with Crippen molar-refractivity contribution in [1.29, 1.82) is 0 Å². The van der Waals surface area contributed by atoms with Gasteiger partial charge in [0.25, 0.3) is 0 Å². The van der Waals surface area contributed by atoms with Crippen LogP contribution in [0.1, 0.15) is 47.2 Å². The van der Waals surface area contributed by atoms with Crippen LogP contribution in [0.3, 0.4) is 0 Å². The zero-order chi connectivity index (χ0) is 27.6. The highest BCUT2D eigenvalue weighted by molar-refractivity contribution is 5.89. The van der Waals surface area contributed by atoms with E-state index in [4.69, 9.17) is 4.74 Å². The van der Waals surface area contributed by atoms with Gasteiger partial charge in [0.1, 0.15) is 11.5 Å². The Morgan fingerprint density at radius 2 is 0.902 bits per heavy atom. The zero-order valence-electron chi connectivity index (χ0n) is 23.3. The molecule has 1 aliphatic carbocycles. The van der Waals surface area contributed by atoms with Gasteiger partial charge in [-0.2, -0.15) is 0 Å². The molecule has 0 atom stereocenters. The molecule has 0 spiro atoms. The van der Waals surface area contributed by atoms with Crippen molar-refractivity contribution in [2.24, 2.45) is 0 Å². The first-order valence-electron chi connectivity index (χ1n) is 14.4. The normalized spacial score (nSPS) is 15.2. The van der Waals surface area contributed by atoms with Crippen LogP contribution in [0.15, 0.2) is 146 Å². The molecular formula is C40H30O. The van der Waals surface area contributed by atoms with E-state index in [1.54, 1.807) is 0 Å². The molecular weight excluding hydrogens is 496 g/mol. The lowest BCUT2D eigenvalue weighted by molar-refractivity contribution is 0.418. The molecule has 0 N–H and O–H groups in total. The summed E-state index contributed by atoms with van der Waals surface area (Å²) in [5.41, 5.74) is 12.1. The first-order valence-corrected chi connectivity index (χ1v) is 14.4. The summed E-state index contributed by atoms with van der Waals surface area (Å²) in [6, 6.07) is 53.0. The molecule has 0 amide bonds. The first kappa shape index (κ1) is 24.0. The molecule has 6 aromatic rings. The third-order valence-electron chi connectivity index (χ3n) is 9.23. The Kier molecular flexibility index (Phi) is 5.15. The summed E-state index contributed by atoms with van der Waals surface area (Å²) in [6.07, 6.45) is 0. The Bertz CT molecular complexity index is 1900. The first-order chi connectivity index (χ1) is 20.1. The number of hydrogen-bond acceptors (Lipinski definition) is 1. The number of para-hydroxylation sites is 1. The van der Waals surface area contributed by atoms with Crippen LogP contribution in [0.4, 0.5) is 0 Å². The maximum Gasteiger partial charge on any atom is 0.131 e. The van der Waals surface area contributed by atoms with Crippen molar-refractivity contribution in [2.75, 3.05) is 0 Å². The fourth-order valence-corrected chi connectivity index (χ4v) is 7.35. The highest BCUT2D eigenvalue weighted by Crippen LogP contribution is 2.58. The summed E-state index contributed by atoms with van der Waals surface area (Å²) in [5, 5.41) is 0. The lowest BCUT2D eigenvalue weighted by Gasteiger charge is -2.36. The molecule has 41 heavy (non-hydrogen) atoms. The quantitative estimate of drug-likeness (QED) is 0.223. The van der Waals surface area contributed by atoms with E-state index in [0.29, 0.717) is 0 Å². The lowest BCUT2D eigenvalue weighted by atomic mass is 9.65. The summed E-state index contributed by atoms with van der Waals surface area (Å²) in [5.74, 6) is 1.88. The molecule has 0 unspecified atom stereocenters. The van der Waals surface area contributed by atoms with Gasteiger partial charge >= 0.3 is 0 Å². The van der Waals surface area contributed by atoms with Gasteiger partial charge in [-0.25, -0.2) is 0 Å². The van der Waals surface area contributed by atoms with Gasteiger partial charge in [-0.15, -0.1) is 0 Å². The Labute approximate surface area is 241 Å². The van der Waals surface area contributed by atoms with Crippen molar-refractivity contribution in [2.45, 2.75) is 24.7 Å². The molecule has 0 radical (unpaired) electrons. The Morgan fingerprint density at radius 3 is 1.56 bits per heavy atom. The lowest BCUT2D eigenvalue weighted by Crippen LogP contribution is -2.29. The molecule has 0 saturated carbocycles. The average molecular weight is 527 g/mol. The SMILES string of the molecule is CC1(C)c2ccccc2Oc2ccc(-c3ccccc3C3(c4ccccc4)c4ccccc4-c4ccccc43)cc21. The van der Waals surface area contributed by atoms with E-state index in [2.05, 4.69) is 153 Å². The predicted octanol–water partition coefficient (Wildman–Crippen LogP) is 10.1. The fraction of sp³-hybridized carbons (Fsp3) is 0.100. The topological polar surface area (TPSA) is 9.23 Å². The minimum absolute atomic E-state index is 0.182. The van der Waals surface area contributed by atoms with Crippen molar-refractivity contribution in [3.63, 3.8) is 0 Å². The maximum absolute atomic E-state index is 6.42. The second kappa shape index (κ2) is 8.81. The fourth-order valence-electron chi connectivity index (χ4n) is 7.35. The van der Waals surface area contributed by atoms with E-state index >= 15 is 0 Å². The molecule has 6 aromatic carbocycles. The second-order valence-electron chi connectivity index (χ2n) is 11.7. The summed E-state index contributed by atoms with van der Waals surface area (Å²) < 4.78 is 6.42. The van der Waals surface area contributed by atoms with Crippen LogP contribution in [0.5, 0.6) is 11.5 Å². The molecule has 1 nitrogen and oxygen atoms in total. The number of ether oxygens (including phenoxy) is 1. The van der Waals surface area contributed by atoms with Gasteiger partial charge in [-0.05, 0) is 62.7 Å². The monoisotopic (exact) mass is 526 g/mol. The average Bonchev–Trinajstić information content (AvgIpc) is 3.33. The molecule has 2 aliphatic rings. The Morgan fingerprint density at radius 1 is 0.415 bits per heavy atom. The number of benzene rings is 6. The van der Waals surface area contributed by atoms with Crippen LogP contribution in [0.25, 0.3) is 22.3 Å². The van der Waals surface area contributed by atoms with E-state index in [0.717, 1.165) is 11.5 Å². The molecule has 0 fully saturated rings. The van der Waals surface area contributed by atoms with Crippen LogP contribution >= 0.6 is 0 Å². The predicted molar refractivity (Wildman–Crippen MR) is 168 cm³/mol. The number of rotatable bonds is 3. The van der Waals surface area contributed by atoms with Crippen LogP contribution in [0.2, 0.25) is 0 Å². The van der Waals surface area contributed by atoms with Crippen molar-refractivity contribution in [1.82, 2.24) is 0 Å². The molecule has 1 heteroatoms. The molecule has 196 valence electrons. The summed E-state index contributed by atoms with van der Waals surface area (Å²) in [7, 11) is 0. The van der Waals surface area contributed by atoms with Gasteiger partial charge in [-0.3, -0.25) is 0 Å². The molecule has 0 aromatic heterocycles. The second-order valence-corrected chi connectivity index (χ2v) is 11.7. The minimum atomic E-state index is -0.445. The molecule has 1 aliphatic heterocycles. The highest BCUT2D eigenvalue weighted by atomic mass is 16.5. The maximum atomic E-state index is 6.42. The van der Waals surface area contributed by atoms with E-state index in [9.17, 15) is 0 Å². The van der Waals surface area contributed by atoms with Crippen molar-refractivity contribution < 1.29 is 4.74 Å². The Balaban J connectivity index is 1.42. The molecule has 0 saturated heterocycles. The summed E-state index contributed by atoms with van der Waals surface area (Å²) in [6.45, 7) is 4.61. The van der Waals surface area contributed by atoms with E-state index < -0.39 is 5.41 Å². The largest absolute Gasteiger partial charge is 0.457 e. The van der Waals surface area contributed by atoms with Crippen LogP contribution in [-0.4, -0.2) is 0 Å². The van der Waals surface area contributed by atoms with Crippen LogP contribution in [-0.2, 0) is 10.8 Å². The van der Waals surface area contributed by atoms with Gasteiger partial charge in [-0.1, -0.05) is 141 Å². The van der Waals surface area contributed by atoms with Gasteiger partial charge in [0, 0.05) is 16.5 Å². The molecule has 8 rings (SSSR count). The summed E-state index contributed by atoms with van der Waals surface area (Å²) in [4.78, 5) is 0. The van der Waals surface area contributed by atoms with Crippen LogP contribution < -0.4 is 4.74 Å². The van der Waals surface area contributed by atoms with Gasteiger partial charge < -0.3 is 4.74 Å². The summed E-state index contributed by atoms with van der Waals surface area (Å²) >= 11 is 0. The van der Waals surface area contributed by atoms with Crippen LogP contribution in [0, 0.1) is 0 Å². The third-order valence-corrected chi connectivity index (χ3v) is 9.23. The van der Waals surface area contributed by atoms with Gasteiger partial charge in [0.15, 0.2) is 0 Å². The number of hydrogen-bond donors (Lipinski definition) is 0. The standard InChI is InChI=1S/C40H30O/c1-39(2)35-22-12-13-23-37(35)41-38-25-24-27(26-36(38)39)29-16-6-9-19-32(29)40(28-14-4-3-5-15-28)33-20-10-7-17-30(33)31-18-8-11-21-34(31)40/h3-26H,1-2H3. The van der Waals surface area contributed by atoms with E-state index in [1.165, 1.54) is 55.6 Å². The number of fused-ring (bicyclic) bond motifs is 5. The zero-order valence-corrected chi connectivity index (χ0v) is 23.3. The van der Waals surface area contributed by atoms with Crippen molar-refractivity contribution in [3.05, 3.63) is 179 Å². The minimum Gasteiger partial charge on any atom is -0.457 e. The third kappa shape index (κ3) is 3.30. The van der Waals surface area contributed by atoms with Gasteiger partial charge in [0.2, 0.25) is 0 Å². The molecule has 1 heterocycles. The van der Waals surface area contributed by atoms with Gasteiger partial charge in [0.05, 0.1) is 5.41 Å². The van der Waals surface area contributed by atoms with E-state index in [1.807, 2.05) is 6.07 Å². The highest BCUT2D eigenvalue weighted by Gasteiger charge is 2.47. The van der Waals surface area contributed by atoms with E-state index in [-0.39, 0.29) is 5.41 Å². The molecule has 0 bridgehead atoms. The van der Waals surface area contributed by atoms with Crippen molar-refractivity contribution in [3.8, 4) is 33.8 Å². The van der Waals surface area contributed by atoms with Crippen molar-refractivity contribution >= 4 is 0 Å².